The third-order valence-electron chi connectivity index (χ3n) is 4.40. The number of nitrogens with zero attached hydrogens (tertiary/aromatic N) is 1. The Kier molecular flexibility index (Phi) is 5.53. The third-order valence-corrected chi connectivity index (χ3v) is 5.72. The summed E-state index contributed by atoms with van der Waals surface area (Å²) in [5, 5.41) is 0. The lowest BCUT2D eigenvalue weighted by molar-refractivity contribution is 0.143. The van der Waals surface area contributed by atoms with Gasteiger partial charge in [0.2, 0.25) is 10.0 Å². The Morgan fingerprint density at radius 1 is 1.04 bits per heavy atom. The van der Waals surface area contributed by atoms with E-state index in [-0.39, 0.29) is 12.3 Å². The standard InChI is InChI=1S/C20H24N2O4S/c1-14-4-6-17(7-5-14)13-27(24,25)21-11-19-12-22(20(23)26-19)18-9-15(2)8-16(3)10-18/h4-10,19,21H,11-13H2,1-3H3. The first-order valence-electron chi connectivity index (χ1n) is 8.81. The first-order valence-corrected chi connectivity index (χ1v) is 10.5. The summed E-state index contributed by atoms with van der Waals surface area (Å²) in [5.74, 6) is -0.102. The van der Waals surface area contributed by atoms with E-state index in [9.17, 15) is 13.2 Å². The summed E-state index contributed by atoms with van der Waals surface area (Å²) in [4.78, 5) is 13.7. The van der Waals surface area contributed by atoms with Crippen molar-refractivity contribution in [2.75, 3.05) is 18.0 Å². The van der Waals surface area contributed by atoms with Crippen LogP contribution in [0.25, 0.3) is 0 Å². The molecule has 1 aliphatic heterocycles. The first-order chi connectivity index (χ1) is 12.7. The Morgan fingerprint density at radius 3 is 2.30 bits per heavy atom. The predicted octanol–water partition coefficient (Wildman–Crippen LogP) is 3.06. The number of nitrogens with one attached hydrogen (secondary N) is 1. The van der Waals surface area contributed by atoms with Gasteiger partial charge < -0.3 is 4.74 Å². The normalized spacial score (nSPS) is 17.2. The second kappa shape index (κ2) is 7.70. The first kappa shape index (κ1) is 19.4. The molecule has 0 radical (unpaired) electrons. The smallest absolute Gasteiger partial charge is 0.414 e. The third kappa shape index (κ3) is 5.08. The highest BCUT2D eigenvalue weighted by Gasteiger charge is 2.33. The van der Waals surface area contributed by atoms with Crippen LogP contribution in [0.4, 0.5) is 10.5 Å². The van der Waals surface area contributed by atoms with Gasteiger partial charge in [-0.1, -0.05) is 35.9 Å². The molecule has 1 aliphatic rings. The van der Waals surface area contributed by atoms with E-state index in [0.717, 1.165) is 22.4 Å². The molecule has 1 amide bonds. The zero-order valence-electron chi connectivity index (χ0n) is 15.7. The predicted molar refractivity (Wildman–Crippen MR) is 105 cm³/mol. The van der Waals surface area contributed by atoms with Gasteiger partial charge in [-0.3, -0.25) is 4.90 Å². The summed E-state index contributed by atoms with van der Waals surface area (Å²) in [6.07, 6.45) is -0.978. The molecule has 2 aromatic rings. The summed E-state index contributed by atoms with van der Waals surface area (Å²) < 4.78 is 32.5. The van der Waals surface area contributed by atoms with Gasteiger partial charge in [-0.15, -0.1) is 0 Å². The second-order valence-electron chi connectivity index (χ2n) is 7.06. The molecule has 1 fully saturated rings. The molecule has 27 heavy (non-hydrogen) atoms. The number of sulfonamides is 1. The zero-order chi connectivity index (χ0) is 19.6. The van der Waals surface area contributed by atoms with Crippen LogP contribution in [-0.2, 0) is 20.5 Å². The van der Waals surface area contributed by atoms with Crippen molar-refractivity contribution in [1.82, 2.24) is 4.72 Å². The molecule has 1 saturated heterocycles. The van der Waals surface area contributed by atoms with E-state index in [2.05, 4.69) is 4.72 Å². The minimum absolute atomic E-state index is 0.0568. The number of aryl methyl sites for hydroxylation is 3. The highest BCUT2D eigenvalue weighted by atomic mass is 32.2. The van der Waals surface area contributed by atoms with Crippen molar-refractivity contribution in [2.45, 2.75) is 32.6 Å². The van der Waals surface area contributed by atoms with Crippen LogP contribution in [0.15, 0.2) is 42.5 Å². The van der Waals surface area contributed by atoms with Crippen LogP contribution in [0, 0.1) is 20.8 Å². The Morgan fingerprint density at radius 2 is 1.67 bits per heavy atom. The number of carbonyl (C=O) groups excluding carboxylic acids is 1. The van der Waals surface area contributed by atoms with Gasteiger partial charge in [0.25, 0.3) is 0 Å². The maximum absolute atomic E-state index is 12.3. The fourth-order valence-electron chi connectivity index (χ4n) is 3.12. The van der Waals surface area contributed by atoms with Gasteiger partial charge in [-0.05, 0) is 49.6 Å². The molecule has 2 aromatic carbocycles. The van der Waals surface area contributed by atoms with Crippen molar-refractivity contribution >= 4 is 21.8 Å². The Bertz CT molecular complexity index is 919. The molecule has 0 aliphatic carbocycles. The molecule has 3 rings (SSSR count). The molecule has 6 nitrogen and oxygen atoms in total. The van der Waals surface area contributed by atoms with E-state index in [4.69, 9.17) is 4.74 Å². The van der Waals surface area contributed by atoms with Gasteiger partial charge in [0, 0.05) is 12.2 Å². The maximum Gasteiger partial charge on any atom is 0.414 e. The monoisotopic (exact) mass is 388 g/mol. The summed E-state index contributed by atoms with van der Waals surface area (Å²) in [6, 6.07) is 13.2. The molecule has 1 heterocycles. The molecule has 7 heteroatoms. The largest absolute Gasteiger partial charge is 0.443 e. The lowest BCUT2D eigenvalue weighted by atomic mass is 10.1. The average molecular weight is 388 g/mol. The van der Waals surface area contributed by atoms with Crippen LogP contribution in [0.1, 0.15) is 22.3 Å². The number of amides is 1. The number of benzene rings is 2. The van der Waals surface area contributed by atoms with Crippen molar-refractivity contribution in [3.8, 4) is 0 Å². The molecule has 0 aromatic heterocycles. The number of carbonyl (C=O) groups is 1. The van der Waals surface area contributed by atoms with E-state index in [0.29, 0.717) is 12.1 Å². The van der Waals surface area contributed by atoms with Gasteiger partial charge in [0.15, 0.2) is 0 Å². The van der Waals surface area contributed by atoms with E-state index in [1.54, 1.807) is 17.0 Å². The van der Waals surface area contributed by atoms with Gasteiger partial charge in [-0.25, -0.2) is 17.9 Å². The molecular weight excluding hydrogens is 364 g/mol. The van der Waals surface area contributed by atoms with Crippen molar-refractivity contribution in [3.05, 3.63) is 64.7 Å². The fourth-order valence-corrected chi connectivity index (χ4v) is 4.29. The van der Waals surface area contributed by atoms with Gasteiger partial charge in [-0.2, -0.15) is 0 Å². The summed E-state index contributed by atoms with van der Waals surface area (Å²) in [7, 11) is -3.51. The molecule has 0 bridgehead atoms. The highest BCUT2D eigenvalue weighted by Crippen LogP contribution is 2.24. The van der Waals surface area contributed by atoms with Crippen molar-refractivity contribution < 1.29 is 17.9 Å². The summed E-state index contributed by atoms with van der Waals surface area (Å²) >= 11 is 0. The highest BCUT2D eigenvalue weighted by molar-refractivity contribution is 7.88. The van der Waals surface area contributed by atoms with Gasteiger partial charge in [0.1, 0.15) is 6.10 Å². The number of rotatable bonds is 6. The van der Waals surface area contributed by atoms with Crippen LogP contribution >= 0.6 is 0 Å². The Labute approximate surface area is 160 Å². The lowest BCUT2D eigenvalue weighted by Crippen LogP contribution is -2.35. The number of anilines is 1. The van der Waals surface area contributed by atoms with Crippen molar-refractivity contribution in [3.63, 3.8) is 0 Å². The van der Waals surface area contributed by atoms with Crippen LogP contribution in [-0.4, -0.2) is 33.7 Å². The lowest BCUT2D eigenvalue weighted by Gasteiger charge is -2.15. The number of hydrogen-bond acceptors (Lipinski definition) is 4. The Hall–Kier alpha value is -2.38. The van der Waals surface area contributed by atoms with Crippen LogP contribution in [0.2, 0.25) is 0 Å². The summed E-state index contributed by atoms with van der Waals surface area (Å²) in [6.45, 7) is 6.26. The fraction of sp³-hybridized carbons (Fsp3) is 0.350. The molecule has 1 atom stereocenters. The average Bonchev–Trinajstić information content (AvgIpc) is 2.95. The zero-order valence-corrected chi connectivity index (χ0v) is 16.5. The van der Waals surface area contributed by atoms with Crippen molar-refractivity contribution in [2.24, 2.45) is 0 Å². The minimum Gasteiger partial charge on any atom is -0.443 e. The number of ether oxygens (including phenoxy) is 1. The van der Waals surface area contributed by atoms with Gasteiger partial charge >= 0.3 is 6.09 Å². The topological polar surface area (TPSA) is 75.7 Å². The minimum atomic E-state index is -3.51. The second-order valence-corrected chi connectivity index (χ2v) is 8.86. The van der Waals surface area contributed by atoms with E-state index in [1.807, 2.05) is 51.1 Å². The molecule has 0 spiro atoms. The maximum atomic E-state index is 12.3. The molecular formula is C20H24N2O4S. The number of hydrogen-bond donors (Lipinski definition) is 1. The van der Waals surface area contributed by atoms with E-state index < -0.39 is 22.2 Å². The van der Waals surface area contributed by atoms with E-state index >= 15 is 0 Å². The number of cyclic esters (lactones) is 1. The van der Waals surface area contributed by atoms with Crippen LogP contribution in [0.3, 0.4) is 0 Å². The van der Waals surface area contributed by atoms with Gasteiger partial charge in [0.05, 0.1) is 12.3 Å². The SMILES string of the molecule is Cc1ccc(CS(=O)(=O)NCC2CN(c3cc(C)cc(C)c3)C(=O)O2)cc1. The molecule has 1 N–H and O–H groups in total. The molecule has 1 unspecified atom stereocenters. The molecule has 144 valence electrons. The van der Waals surface area contributed by atoms with Crippen molar-refractivity contribution in [1.29, 1.82) is 0 Å². The molecule has 0 saturated carbocycles. The summed E-state index contributed by atoms with van der Waals surface area (Å²) in [5.41, 5.74) is 4.67. The van der Waals surface area contributed by atoms with Crippen LogP contribution < -0.4 is 9.62 Å². The van der Waals surface area contributed by atoms with E-state index in [1.165, 1.54) is 0 Å². The van der Waals surface area contributed by atoms with Crippen LogP contribution in [0.5, 0.6) is 0 Å². The Balaban J connectivity index is 1.60. The quantitative estimate of drug-likeness (QED) is 0.825.